The molecule has 0 spiro atoms. The third-order valence-electron chi connectivity index (χ3n) is 7.54. The van der Waals surface area contributed by atoms with Crippen LogP contribution in [0.2, 0.25) is 0 Å². The van der Waals surface area contributed by atoms with Crippen molar-refractivity contribution in [1.82, 2.24) is 15.3 Å². The predicted molar refractivity (Wildman–Crippen MR) is 151 cm³/mol. The number of carbonyl (C=O) groups excluding carboxylic acids is 2. The van der Waals surface area contributed by atoms with Crippen LogP contribution < -0.4 is 19.7 Å². The molecule has 0 saturated heterocycles. The second-order valence-electron chi connectivity index (χ2n) is 10.0. The van der Waals surface area contributed by atoms with Gasteiger partial charge in [-0.1, -0.05) is 51.3 Å². The lowest BCUT2D eigenvalue weighted by atomic mass is 9.94. The molecular weight excluding hydrogens is 492 g/mol. The minimum atomic E-state index is -0.976. The fourth-order valence-corrected chi connectivity index (χ4v) is 5.08. The van der Waals surface area contributed by atoms with Gasteiger partial charge < -0.3 is 14.8 Å². The Morgan fingerprint density at radius 3 is 2.28 bits per heavy atom. The van der Waals surface area contributed by atoms with Gasteiger partial charge in [0.1, 0.15) is 11.7 Å². The van der Waals surface area contributed by atoms with Gasteiger partial charge in [0.15, 0.2) is 11.5 Å². The lowest BCUT2D eigenvalue weighted by molar-refractivity contribution is -0.123. The van der Waals surface area contributed by atoms with E-state index in [-0.39, 0.29) is 17.6 Å². The Morgan fingerprint density at radius 2 is 1.67 bits per heavy atom. The zero-order valence-electron chi connectivity index (χ0n) is 23.2. The molecule has 8 nitrogen and oxygen atoms in total. The van der Waals surface area contributed by atoms with Crippen LogP contribution in [0.5, 0.6) is 11.5 Å². The van der Waals surface area contributed by atoms with Crippen molar-refractivity contribution in [2.75, 3.05) is 19.1 Å². The zero-order chi connectivity index (χ0) is 27.8. The molecule has 0 radical (unpaired) electrons. The van der Waals surface area contributed by atoms with Crippen LogP contribution in [0.1, 0.15) is 85.9 Å². The molecule has 0 bridgehead atoms. The molecule has 0 aliphatic heterocycles. The fourth-order valence-electron chi connectivity index (χ4n) is 5.08. The van der Waals surface area contributed by atoms with Crippen LogP contribution in [0, 0.1) is 0 Å². The standard InChI is InChI=1S/C31H38N4O4/c1-5-21(2)22-11-14-25(15-12-22)35(31(37)26-20-32-17-18-33-26)29(30(36)34-24-9-7-6-8-10-24)23-13-16-27(38-3)28(19-23)39-4/h11-21,24,29H,5-10H2,1-4H3,(H,34,36)/t21-,29+/m1/s1. The molecule has 1 N–H and O–H groups in total. The quantitative estimate of drug-likeness (QED) is 0.354. The van der Waals surface area contributed by atoms with E-state index in [1.165, 1.54) is 35.5 Å². The highest BCUT2D eigenvalue weighted by Gasteiger charge is 2.36. The molecule has 2 amide bonds. The largest absolute Gasteiger partial charge is 0.493 e. The van der Waals surface area contributed by atoms with Crippen molar-refractivity contribution >= 4 is 17.5 Å². The van der Waals surface area contributed by atoms with E-state index in [2.05, 4.69) is 29.1 Å². The molecule has 0 unspecified atom stereocenters. The summed E-state index contributed by atoms with van der Waals surface area (Å²) in [5, 5.41) is 3.24. The normalized spacial score (nSPS) is 15.2. The van der Waals surface area contributed by atoms with Gasteiger partial charge in [-0.2, -0.15) is 0 Å². The summed E-state index contributed by atoms with van der Waals surface area (Å²) in [5.41, 5.74) is 2.52. The summed E-state index contributed by atoms with van der Waals surface area (Å²) in [5.74, 6) is 0.719. The third kappa shape index (κ3) is 6.56. The number of hydrogen-bond acceptors (Lipinski definition) is 6. The summed E-state index contributed by atoms with van der Waals surface area (Å²) in [4.78, 5) is 38.1. The Bertz CT molecular complexity index is 1240. The maximum absolute atomic E-state index is 14.1. The molecule has 2 atom stereocenters. The minimum absolute atomic E-state index is 0.0649. The number of nitrogens with one attached hydrogen (secondary N) is 1. The number of hydrogen-bond donors (Lipinski definition) is 1. The Kier molecular flexibility index (Phi) is 9.52. The van der Waals surface area contributed by atoms with Crippen molar-refractivity contribution in [2.45, 2.75) is 70.4 Å². The Balaban J connectivity index is 1.84. The lowest BCUT2D eigenvalue weighted by Gasteiger charge is -2.33. The number of amides is 2. The lowest BCUT2D eigenvalue weighted by Crippen LogP contribution is -2.47. The van der Waals surface area contributed by atoms with Gasteiger partial charge in [0.25, 0.3) is 5.91 Å². The number of nitrogens with zero attached hydrogens (tertiary/aromatic N) is 3. The summed E-state index contributed by atoms with van der Waals surface area (Å²) in [6.45, 7) is 4.31. The van der Waals surface area contributed by atoms with E-state index in [1.807, 2.05) is 24.3 Å². The first-order chi connectivity index (χ1) is 19.0. The van der Waals surface area contributed by atoms with E-state index >= 15 is 0 Å². The van der Waals surface area contributed by atoms with Crippen LogP contribution in [0.4, 0.5) is 5.69 Å². The first-order valence-corrected chi connectivity index (χ1v) is 13.7. The molecule has 39 heavy (non-hydrogen) atoms. The topological polar surface area (TPSA) is 93.7 Å². The molecule has 1 fully saturated rings. The first-order valence-electron chi connectivity index (χ1n) is 13.7. The van der Waals surface area contributed by atoms with Gasteiger partial charge in [-0.25, -0.2) is 4.98 Å². The van der Waals surface area contributed by atoms with E-state index in [0.29, 0.717) is 28.7 Å². The average molecular weight is 531 g/mol. The van der Waals surface area contributed by atoms with Crippen LogP contribution in [0.3, 0.4) is 0 Å². The van der Waals surface area contributed by atoms with E-state index in [0.717, 1.165) is 32.1 Å². The number of benzene rings is 2. The van der Waals surface area contributed by atoms with Gasteiger partial charge in [-0.05, 0) is 60.6 Å². The van der Waals surface area contributed by atoms with Gasteiger partial charge in [0.05, 0.1) is 20.4 Å². The monoisotopic (exact) mass is 530 g/mol. The van der Waals surface area contributed by atoms with Crippen molar-refractivity contribution in [3.05, 3.63) is 77.9 Å². The van der Waals surface area contributed by atoms with E-state index in [9.17, 15) is 9.59 Å². The number of aromatic nitrogens is 2. The van der Waals surface area contributed by atoms with E-state index < -0.39 is 11.9 Å². The summed E-state index contributed by atoms with van der Waals surface area (Å²) in [7, 11) is 3.11. The Morgan fingerprint density at radius 1 is 0.974 bits per heavy atom. The van der Waals surface area contributed by atoms with E-state index in [4.69, 9.17) is 9.47 Å². The SMILES string of the molecule is CC[C@@H](C)c1ccc(N(C(=O)c2cnccn2)[C@H](C(=O)NC2CCCCC2)c2ccc(OC)c(OC)c2)cc1. The van der Waals surface area contributed by atoms with Gasteiger partial charge in [-0.3, -0.25) is 19.5 Å². The predicted octanol–water partition coefficient (Wildman–Crippen LogP) is 5.84. The minimum Gasteiger partial charge on any atom is -0.493 e. The fraction of sp³-hybridized carbons (Fsp3) is 0.419. The molecule has 8 heteroatoms. The Labute approximate surface area is 230 Å². The molecule has 1 saturated carbocycles. The highest BCUT2D eigenvalue weighted by Crippen LogP contribution is 2.36. The van der Waals surface area contributed by atoms with Crippen molar-refractivity contribution in [3.8, 4) is 11.5 Å². The molecule has 1 aliphatic carbocycles. The van der Waals surface area contributed by atoms with Crippen molar-refractivity contribution < 1.29 is 19.1 Å². The maximum Gasteiger partial charge on any atom is 0.279 e. The molecule has 2 aromatic carbocycles. The molecule has 206 valence electrons. The third-order valence-corrected chi connectivity index (χ3v) is 7.54. The second-order valence-corrected chi connectivity index (χ2v) is 10.0. The Hall–Kier alpha value is -3.94. The van der Waals surface area contributed by atoms with Gasteiger partial charge in [0.2, 0.25) is 5.91 Å². The smallest absolute Gasteiger partial charge is 0.279 e. The average Bonchev–Trinajstić information content (AvgIpc) is 2.99. The number of rotatable bonds is 10. The van der Waals surface area contributed by atoms with Crippen LogP contribution in [-0.4, -0.2) is 42.0 Å². The molecular formula is C31H38N4O4. The van der Waals surface area contributed by atoms with E-state index in [1.54, 1.807) is 32.4 Å². The van der Waals surface area contributed by atoms with Crippen molar-refractivity contribution in [2.24, 2.45) is 0 Å². The highest BCUT2D eigenvalue weighted by molar-refractivity contribution is 6.09. The van der Waals surface area contributed by atoms with Gasteiger partial charge in [-0.15, -0.1) is 0 Å². The summed E-state index contributed by atoms with van der Waals surface area (Å²) >= 11 is 0. The molecule has 1 heterocycles. The number of ether oxygens (including phenoxy) is 2. The molecule has 3 aromatic rings. The van der Waals surface area contributed by atoms with Crippen LogP contribution >= 0.6 is 0 Å². The zero-order valence-corrected chi connectivity index (χ0v) is 23.2. The van der Waals surface area contributed by atoms with Crippen molar-refractivity contribution in [1.29, 1.82) is 0 Å². The molecule has 1 aliphatic rings. The summed E-state index contributed by atoms with van der Waals surface area (Å²) in [6, 6.07) is 12.2. The summed E-state index contributed by atoms with van der Waals surface area (Å²) < 4.78 is 11.0. The van der Waals surface area contributed by atoms with Gasteiger partial charge in [0, 0.05) is 24.1 Å². The molecule has 4 rings (SSSR count). The van der Waals surface area contributed by atoms with Crippen LogP contribution in [-0.2, 0) is 4.79 Å². The first kappa shape index (κ1) is 28.1. The van der Waals surface area contributed by atoms with Crippen LogP contribution in [0.15, 0.2) is 61.1 Å². The maximum atomic E-state index is 14.1. The molecule has 1 aromatic heterocycles. The van der Waals surface area contributed by atoms with Crippen LogP contribution in [0.25, 0.3) is 0 Å². The number of carbonyl (C=O) groups is 2. The summed E-state index contributed by atoms with van der Waals surface area (Å²) in [6.07, 6.45) is 10.6. The van der Waals surface area contributed by atoms with Crippen molar-refractivity contribution in [3.63, 3.8) is 0 Å². The number of anilines is 1. The second kappa shape index (κ2) is 13.2. The number of methoxy groups -OCH3 is 2. The van der Waals surface area contributed by atoms with Gasteiger partial charge >= 0.3 is 0 Å². The highest BCUT2D eigenvalue weighted by atomic mass is 16.5.